The Kier molecular flexibility index (Phi) is 3.57. The summed E-state index contributed by atoms with van der Waals surface area (Å²) in [7, 11) is 0. The van der Waals surface area contributed by atoms with Crippen molar-refractivity contribution in [3.05, 3.63) is 22.3 Å². The molecule has 0 aliphatic carbocycles. The van der Waals surface area contributed by atoms with Crippen LogP contribution in [0.15, 0.2) is 16.7 Å². The molecule has 1 aromatic rings. The number of hydrogen-bond donors (Lipinski definition) is 0. The van der Waals surface area contributed by atoms with Gasteiger partial charge < -0.3 is 9.64 Å². The Hall–Kier alpha value is -0.610. The molecule has 2 aliphatic heterocycles. The molecule has 0 spiro atoms. The van der Waals surface area contributed by atoms with Crippen LogP contribution in [0, 0.1) is 12.8 Å². The maximum atomic E-state index is 5.86. The summed E-state index contributed by atoms with van der Waals surface area (Å²) in [4.78, 5) is 6.98. The number of anilines is 1. The number of hydrogen-bond acceptors (Lipinski definition) is 3. The van der Waals surface area contributed by atoms with E-state index < -0.39 is 0 Å². The lowest BCUT2D eigenvalue weighted by molar-refractivity contribution is -0.0358. The number of nitrogens with zero attached hydrogens (tertiary/aromatic N) is 2. The van der Waals surface area contributed by atoms with Gasteiger partial charge in [-0.3, -0.25) is 0 Å². The summed E-state index contributed by atoms with van der Waals surface area (Å²) in [6.45, 7) is 5.16. The van der Waals surface area contributed by atoms with Crippen molar-refractivity contribution in [1.29, 1.82) is 0 Å². The van der Waals surface area contributed by atoms with Crippen LogP contribution in [0.4, 0.5) is 5.82 Å². The molecule has 3 rings (SSSR count). The average Bonchev–Trinajstić information content (AvgIpc) is 2.38. The van der Waals surface area contributed by atoms with Crippen LogP contribution in [0.25, 0.3) is 0 Å². The van der Waals surface area contributed by atoms with Gasteiger partial charge in [-0.2, -0.15) is 0 Å². The zero-order chi connectivity index (χ0) is 12.5. The third-order valence-electron chi connectivity index (χ3n) is 3.97. The molecule has 4 heteroatoms. The third kappa shape index (κ3) is 2.41. The van der Waals surface area contributed by atoms with Crippen molar-refractivity contribution in [2.24, 2.45) is 5.92 Å². The second-order valence-electron chi connectivity index (χ2n) is 5.36. The molecular weight excluding hydrogens is 292 g/mol. The molecule has 0 N–H and O–H groups in total. The predicted octanol–water partition coefficient (Wildman–Crippen LogP) is 3.16. The van der Waals surface area contributed by atoms with Crippen LogP contribution >= 0.6 is 15.9 Å². The van der Waals surface area contributed by atoms with Crippen molar-refractivity contribution >= 4 is 21.7 Å². The molecule has 3 nitrogen and oxygen atoms in total. The number of ether oxygens (including phenoxy) is 1. The molecule has 2 atom stereocenters. The molecule has 0 bridgehead atoms. The van der Waals surface area contributed by atoms with Crippen molar-refractivity contribution in [3.63, 3.8) is 0 Å². The van der Waals surface area contributed by atoms with E-state index in [1.54, 1.807) is 0 Å². The van der Waals surface area contributed by atoms with Crippen LogP contribution in [-0.2, 0) is 4.74 Å². The largest absolute Gasteiger partial charge is 0.378 e. The first-order valence-corrected chi connectivity index (χ1v) is 7.52. The van der Waals surface area contributed by atoms with E-state index in [9.17, 15) is 0 Å². The van der Waals surface area contributed by atoms with Crippen LogP contribution in [0.1, 0.15) is 24.8 Å². The second kappa shape index (κ2) is 5.17. The van der Waals surface area contributed by atoms with Gasteiger partial charge in [0.15, 0.2) is 0 Å². The number of pyridine rings is 1. The Morgan fingerprint density at radius 1 is 1.44 bits per heavy atom. The Bertz CT molecular complexity index is 438. The Balaban J connectivity index is 1.77. The van der Waals surface area contributed by atoms with Gasteiger partial charge in [-0.25, -0.2) is 4.98 Å². The highest BCUT2D eigenvalue weighted by molar-refractivity contribution is 9.10. The Labute approximate surface area is 117 Å². The van der Waals surface area contributed by atoms with Crippen molar-refractivity contribution in [2.45, 2.75) is 32.3 Å². The summed E-state index contributed by atoms with van der Waals surface area (Å²) in [6.07, 6.45) is 6.07. The molecule has 0 amide bonds. The quantitative estimate of drug-likeness (QED) is 0.796. The maximum absolute atomic E-state index is 5.86. The number of piperidine rings is 1. The second-order valence-corrected chi connectivity index (χ2v) is 6.22. The van der Waals surface area contributed by atoms with Crippen molar-refractivity contribution in [3.8, 4) is 0 Å². The summed E-state index contributed by atoms with van der Waals surface area (Å²) < 4.78 is 6.97. The van der Waals surface area contributed by atoms with Crippen molar-refractivity contribution < 1.29 is 4.74 Å². The molecule has 2 fully saturated rings. The minimum atomic E-state index is 0.485. The standard InChI is InChI=1S/C14H19BrN2O/c1-10-7-12(15)14(16-8-10)17-5-4-13-11(9-17)3-2-6-18-13/h7-8,11,13H,2-6,9H2,1H3/t11-,13-/m0/s1. The highest BCUT2D eigenvalue weighted by atomic mass is 79.9. The van der Waals surface area contributed by atoms with Gasteiger partial charge in [0.25, 0.3) is 0 Å². The summed E-state index contributed by atoms with van der Waals surface area (Å²) in [6, 6.07) is 2.14. The number of aromatic nitrogens is 1. The summed E-state index contributed by atoms with van der Waals surface area (Å²) in [5.41, 5.74) is 1.20. The Morgan fingerprint density at radius 3 is 3.17 bits per heavy atom. The molecular formula is C14H19BrN2O. The number of aryl methyl sites for hydroxylation is 1. The van der Waals surface area contributed by atoms with E-state index in [0.29, 0.717) is 12.0 Å². The van der Waals surface area contributed by atoms with E-state index in [1.807, 2.05) is 6.20 Å². The summed E-state index contributed by atoms with van der Waals surface area (Å²) >= 11 is 3.64. The zero-order valence-corrected chi connectivity index (χ0v) is 12.3. The number of fused-ring (bicyclic) bond motifs is 1. The Morgan fingerprint density at radius 2 is 2.33 bits per heavy atom. The van der Waals surface area contributed by atoms with E-state index >= 15 is 0 Å². The van der Waals surface area contributed by atoms with Crippen molar-refractivity contribution in [1.82, 2.24) is 4.98 Å². The third-order valence-corrected chi connectivity index (χ3v) is 4.56. The van der Waals surface area contributed by atoms with Crippen LogP contribution < -0.4 is 4.90 Å². The fraction of sp³-hybridized carbons (Fsp3) is 0.643. The normalized spacial score (nSPS) is 28.0. The monoisotopic (exact) mass is 310 g/mol. The molecule has 2 aliphatic rings. The minimum Gasteiger partial charge on any atom is -0.378 e. The van der Waals surface area contributed by atoms with E-state index in [4.69, 9.17) is 4.74 Å². The fourth-order valence-electron chi connectivity index (χ4n) is 3.04. The lowest BCUT2D eigenvalue weighted by atomic mass is 9.88. The lowest BCUT2D eigenvalue weighted by Crippen LogP contribution is -2.46. The first kappa shape index (κ1) is 12.4. The fourth-order valence-corrected chi connectivity index (χ4v) is 3.75. The van der Waals surface area contributed by atoms with Gasteiger partial charge in [0.2, 0.25) is 0 Å². The molecule has 18 heavy (non-hydrogen) atoms. The van der Waals surface area contributed by atoms with Gasteiger partial charge in [0.05, 0.1) is 10.6 Å². The van der Waals surface area contributed by atoms with Gasteiger partial charge in [-0.15, -0.1) is 0 Å². The molecule has 2 saturated heterocycles. The van der Waals surface area contributed by atoms with Gasteiger partial charge in [0.1, 0.15) is 5.82 Å². The van der Waals surface area contributed by atoms with Gasteiger partial charge in [0, 0.05) is 31.8 Å². The molecule has 0 unspecified atom stereocenters. The van der Waals surface area contributed by atoms with Gasteiger partial charge in [-0.05, 0) is 53.7 Å². The molecule has 1 aromatic heterocycles. The predicted molar refractivity (Wildman–Crippen MR) is 76.0 cm³/mol. The van der Waals surface area contributed by atoms with Gasteiger partial charge in [-0.1, -0.05) is 0 Å². The SMILES string of the molecule is Cc1cnc(N2CC[C@@H]3OCCC[C@H]3C2)c(Br)c1. The molecule has 3 heterocycles. The number of halogens is 1. The maximum Gasteiger partial charge on any atom is 0.142 e. The summed E-state index contributed by atoms with van der Waals surface area (Å²) in [5, 5.41) is 0. The van der Waals surface area contributed by atoms with Gasteiger partial charge >= 0.3 is 0 Å². The van der Waals surface area contributed by atoms with E-state index in [2.05, 4.69) is 38.8 Å². The van der Waals surface area contributed by atoms with Crippen molar-refractivity contribution in [2.75, 3.05) is 24.6 Å². The summed E-state index contributed by atoms with van der Waals surface area (Å²) in [5.74, 6) is 1.77. The topological polar surface area (TPSA) is 25.4 Å². The smallest absolute Gasteiger partial charge is 0.142 e. The van der Waals surface area contributed by atoms with Crippen LogP contribution in [0.3, 0.4) is 0 Å². The molecule has 98 valence electrons. The number of rotatable bonds is 1. The molecule has 0 aromatic carbocycles. The highest BCUT2D eigenvalue weighted by Crippen LogP contribution is 2.33. The average molecular weight is 311 g/mol. The molecule has 0 radical (unpaired) electrons. The highest BCUT2D eigenvalue weighted by Gasteiger charge is 2.32. The lowest BCUT2D eigenvalue weighted by Gasteiger charge is -2.41. The van der Waals surface area contributed by atoms with Crippen LogP contribution in [-0.4, -0.2) is 30.8 Å². The van der Waals surface area contributed by atoms with E-state index in [-0.39, 0.29) is 0 Å². The van der Waals surface area contributed by atoms with E-state index in [0.717, 1.165) is 36.4 Å². The first-order chi connectivity index (χ1) is 8.74. The van der Waals surface area contributed by atoms with Crippen LogP contribution in [0.5, 0.6) is 0 Å². The first-order valence-electron chi connectivity index (χ1n) is 6.73. The minimum absolute atomic E-state index is 0.485. The molecule has 0 saturated carbocycles. The van der Waals surface area contributed by atoms with E-state index in [1.165, 1.54) is 18.4 Å². The zero-order valence-electron chi connectivity index (χ0n) is 10.7. The van der Waals surface area contributed by atoms with Crippen LogP contribution in [0.2, 0.25) is 0 Å².